The van der Waals surface area contributed by atoms with Crippen LogP contribution in [-0.4, -0.2) is 55.2 Å². The predicted octanol–water partition coefficient (Wildman–Crippen LogP) is 4.66. The van der Waals surface area contributed by atoms with Crippen LogP contribution in [0.5, 0.6) is 5.75 Å². The van der Waals surface area contributed by atoms with Crippen LogP contribution >= 0.6 is 0 Å². The van der Waals surface area contributed by atoms with Crippen LogP contribution in [0.1, 0.15) is 29.9 Å². The van der Waals surface area contributed by atoms with E-state index in [2.05, 4.69) is 15.2 Å². The Morgan fingerprint density at radius 3 is 2.61 bits per heavy atom. The summed E-state index contributed by atoms with van der Waals surface area (Å²) in [4.78, 5) is 10.2. The van der Waals surface area contributed by atoms with Gasteiger partial charge in [0.25, 0.3) is 0 Å². The van der Waals surface area contributed by atoms with Gasteiger partial charge in [0, 0.05) is 13.1 Å². The summed E-state index contributed by atoms with van der Waals surface area (Å²) >= 11 is 0. The number of hydrogen-bond donors (Lipinski definition) is 2. The number of benzene rings is 2. The second-order valence-electron chi connectivity index (χ2n) is 7.96. The third kappa shape index (κ3) is 4.55. The van der Waals surface area contributed by atoms with Gasteiger partial charge in [-0.3, -0.25) is 0 Å². The third-order valence-electron chi connectivity index (χ3n) is 6.01. The molecule has 0 bridgehead atoms. The fourth-order valence-corrected chi connectivity index (χ4v) is 4.32. The maximum absolute atomic E-state index is 13.6. The van der Waals surface area contributed by atoms with E-state index in [-0.39, 0.29) is 5.92 Å². The van der Waals surface area contributed by atoms with Crippen LogP contribution in [0.25, 0.3) is 22.4 Å². The van der Waals surface area contributed by atoms with Crippen LogP contribution in [0.2, 0.25) is 0 Å². The van der Waals surface area contributed by atoms with Crippen molar-refractivity contribution in [2.45, 2.75) is 24.9 Å². The molecule has 0 atom stereocenters. The van der Waals surface area contributed by atoms with Gasteiger partial charge >= 0.3 is 6.18 Å². The molecular formula is C23H27F3N4O. The molecule has 0 unspecified atom stereocenters. The van der Waals surface area contributed by atoms with E-state index in [4.69, 9.17) is 9.72 Å². The molecule has 2 aromatic carbocycles. The highest BCUT2D eigenvalue weighted by atomic mass is 19.4. The van der Waals surface area contributed by atoms with Crippen molar-refractivity contribution >= 4 is 11.0 Å². The van der Waals surface area contributed by atoms with Crippen molar-refractivity contribution in [2.24, 2.45) is 0 Å². The monoisotopic (exact) mass is 432 g/mol. The largest absolute Gasteiger partial charge is 0.496 e. The number of likely N-dealkylation sites (tertiary alicyclic amines) is 1. The molecule has 166 valence electrons. The first kappa shape index (κ1) is 21.6. The molecule has 1 aliphatic heterocycles. The van der Waals surface area contributed by atoms with Crippen LogP contribution in [0.15, 0.2) is 36.4 Å². The van der Waals surface area contributed by atoms with Crippen LogP contribution in [0.4, 0.5) is 13.2 Å². The van der Waals surface area contributed by atoms with Crippen molar-refractivity contribution in [1.82, 2.24) is 20.2 Å². The Hall–Kier alpha value is -2.58. The maximum atomic E-state index is 13.6. The number of halogens is 3. The van der Waals surface area contributed by atoms with Gasteiger partial charge in [-0.05, 0) is 68.7 Å². The summed E-state index contributed by atoms with van der Waals surface area (Å²) in [6.45, 7) is 3.59. The quantitative estimate of drug-likeness (QED) is 0.595. The fourth-order valence-electron chi connectivity index (χ4n) is 4.32. The molecule has 0 amide bonds. The number of nitrogens with zero attached hydrogens (tertiary/aromatic N) is 2. The van der Waals surface area contributed by atoms with E-state index in [0.29, 0.717) is 28.2 Å². The summed E-state index contributed by atoms with van der Waals surface area (Å²) in [6.07, 6.45) is -2.78. The van der Waals surface area contributed by atoms with Crippen LogP contribution in [0, 0.1) is 0 Å². The van der Waals surface area contributed by atoms with Gasteiger partial charge in [0.15, 0.2) is 0 Å². The molecule has 1 aliphatic rings. The molecule has 0 spiro atoms. The number of H-pyrrole nitrogens is 1. The number of likely N-dealkylation sites (N-methyl/N-ethyl adjacent to an activating group) is 1. The molecule has 0 radical (unpaired) electrons. The topological polar surface area (TPSA) is 53.2 Å². The molecule has 1 saturated heterocycles. The maximum Gasteiger partial charge on any atom is 0.416 e. The number of piperidine rings is 1. The Balaban J connectivity index is 1.74. The molecule has 31 heavy (non-hydrogen) atoms. The van der Waals surface area contributed by atoms with E-state index in [1.54, 1.807) is 7.11 Å². The summed E-state index contributed by atoms with van der Waals surface area (Å²) in [5.74, 6) is 1.18. The molecule has 2 N–H and O–H groups in total. The lowest BCUT2D eigenvalue weighted by Gasteiger charge is -2.32. The van der Waals surface area contributed by atoms with E-state index in [9.17, 15) is 13.2 Å². The second kappa shape index (κ2) is 8.88. The SMILES string of the molecule is CNCCN1CCC(c2cc(C(F)(F)F)cc3[nH]c(-c4ccccc4OC)nc23)CC1. The van der Waals surface area contributed by atoms with E-state index >= 15 is 0 Å². The van der Waals surface area contributed by atoms with Crippen molar-refractivity contribution in [3.05, 3.63) is 47.5 Å². The van der Waals surface area contributed by atoms with Gasteiger partial charge in [-0.2, -0.15) is 13.2 Å². The molecule has 0 saturated carbocycles. The summed E-state index contributed by atoms with van der Waals surface area (Å²) in [5.41, 5.74) is 1.78. The molecule has 1 fully saturated rings. The van der Waals surface area contributed by atoms with E-state index in [1.807, 2.05) is 31.3 Å². The highest BCUT2D eigenvalue weighted by molar-refractivity contribution is 5.85. The van der Waals surface area contributed by atoms with Crippen molar-refractivity contribution in [3.63, 3.8) is 0 Å². The number of nitrogens with one attached hydrogen (secondary N) is 2. The number of fused-ring (bicyclic) bond motifs is 1. The van der Waals surface area contributed by atoms with Gasteiger partial charge in [0.05, 0.1) is 29.3 Å². The van der Waals surface area contributed by atoms with Gasteiger partial charge in [0.2, 0.25) is 0 Å². The first-order valence-electron chi connectivity index (χ1n) is 10.5. The Labute approximate surface area is 179 Å². The first-order chi connectivity index (χ1) is 14.9. The van der Waals surface area contributed by atoms with E-state index < -0.39 is 11.7 Å². The summed E-state index contributed by atoms with van der Waals surface area (Å²) in [6, 6.07) is 9.82. The Bertz CT molecular complexity index is 1040. The number of alkyl halides is 3. The molecule has 0 aliphatic carbocycles. The van der Waals surface area contributed by atoms with Crippen molar-refractivity contribution in [3.8, 4) is 17.1 Å². The Morgan fingerprint density at radius 2 is 1.94 bits per heavy atom. The lowest BCUT2D eigenvalue weighted by atomic mass is 9.87. The lowest BCUT2D eigenvalue weighted by molar-refractivity contribution is -0.137. The zero-order valence-electron chi connectivity index (χ0n) is 17.7. The average molecular weight is 432 g/mol. The smallest absolute Gasteiger partial charge is 0.416 e. The number of rotatable bonds is 6. The number of para-hydroxylation sites is 1. The molecular weight excluding hydrogens is 405 g/mol. The minimum Gasteiger partial charge on any atom is -0.496 e. The zero-order valence-corrected chi connectivity index (χ0v) is 17.7. The fraction of sp³-hybridized carbons (Fsp3) is 0.435. The number of aromatic nitrogens is 2. The number of aromatic amines is 1. The summed E-state index contributed by atoms with van der Waals surface area (Å²) in [5, 5.41) is 3.14. The predicted molar refractivity (Wildman–Crippen MR) is 115 cm³/mol. The molecule has 8 heteroatoms. The molecule has 4 rings (SSSR count). The molecule has 3 aromatic rings. The summed E-state index contributed by atoms with van der Waals surface area (Å²) in [7, 11) is 3.49. The van der Waals surface area contributed by atoms with Crippen molar-refractivity contribution in [1.29, 1.82) is 0 Å². The number of methoxy groups -OCH3 is 1. The van der Waals surface area contributed by atoms with Crippen LogP contribution in [0.3, 0.4) is 0 Å². The number of ether oxygens (including phenoxy) is 1. The van der Waals surface area contributed by atoms with Gasteiger partial charge in [-0.1, -0.05) is 12.1 Å². The van der Waals surface area contributed by atoms with Gasteiger partial charge in [-0.25, -0.2) is 4.98 Å². The standard InChI is InChI=1S/C23H27F3N4O/c1-27-9-12-30-10-7-15(8-11-30)18-13-16(23(24,25)26)14-19-21(18)29-22(28-19)17-5-3-4-6-20(17)31-2/h3-6,13-15,27H,7-12H2,1-2H3,(H,28,29). The Morgan fingerprint density at radius 1 is 1.19 bits per heavy atom. The minimum absolute atomic E-state index is 0.0458. The van der Waals surface area contributed by atoms with Crippen LogP contribution < -0.4 is 10.1 Å². The van der Waals surface area contributed by atoms with Crippen LogP contribution in [-0.2, 0) is 6.18 Å². The zero-order chi connectivity index (χ0) is 22.0. The Kier molecular flexibility index (Phi) is 6.20. The van der Waals surface area contributed by atoms with Gasteiger partial charge in [-0.15, -0.1) is 0 Å². The first-order valence-corrected chi connectivity index (χ1v) is 10.5. The molecule has 5 nitrogen and oxygen atoms in total. The molecule has 1 aromatic heterocycles. The normalized spacial score (nSPS) is 16.2. The third-order valence-corrected chi connectivity index (χ3v) is 6.01. The molecule has 2 heterocycles. The number of hydrogen-bond acceptors (Lipinski definition) is 4. The van der Waals surface area contributed by atoms with Crippen molar-refractivity contribution < 1.29 is 17.9 Å². The second-order valence-corrected chi connectivity index (χ2v) is 7.96. The van der Waals surface area contributed by atoms with Gasteiger partial charge < -0.3 is 19.9 Å². The van der Waals surface area contributed by atoms with E-state index in [0.717, 1.165) is 50.7 Å². The highest BCUT2D eigenvalue weighted by Gasteiger charge is 2.33. The van der Waals surface area contributed by atoms with E-state index in [1.165, 1.54) is 6.07 Å². The van der Waals surface area contributed by atoms with Gasteiger partial charge in [0.1, 0.15) is 11.6 Å². The number of imidazole rings is 1. The highest BCUT2D eigenvalue weighted by Crippen LogP contribution is 2.39. The average Bonchev–Trinajstić information content (AvgIpc) is 3.21. The minimum atomic E-state index is -4.41. The summed E-state index contributed by atoms with van der Waals surface area (Å²) < 4.78 is 46.3. The lowest BCUT2D eigenvalue weighted by Crippen LogP contribution is -2.37. The van der Waals surface area contributed by atoms with Crippen molar-refractivity contribution in [2.75, 3.05) is 40.3 Å².